The number of nitrogens with zero attached hydrogens (tertiary/aromatic N) is 2. The third kappa shape index (κ3) is 6.54. The normalized spacial score (nSPS) is 11.8. The molecule has 2 heterocycles. The Morgan fingerprint density at radius 2 is 0.826 bits per heavy atom. The highest BCUT2D eigenvalue weighted by Gasteiger charge is 2.19. The molecule has 69 heavy (non-hydrogen) atoms. The summed E-state index contributed by atoms with van der Waals surface area (Å²) in [5, 5.41) is 12.8. The summed E-state index contributed by atoms with van der Waals surface area (Å²) in [6.07, 6.45) is 0. The van der Waals surface area contributed by atoms with Crippen molar-refractivity contribution >= 4 is 103 Å². The van der Waals surface area contributed by atoms with E-state index in [-0.39, 0.29) is 0 Å². The van der Waals surface area contributed by atoms with E-state index in [9.17, 15) is 0 Å². The number of aromatic nitrogens is 1. The third-order valence-corrected chi connectivity index (χ3v) is 15.4. The van der Waals surface area contributed by atoms with Gasteiger partial charge in [0.15, 0.2) is 0 Å². The molecule has 0 radical (unpaired) electrons. The molecule has 0 aliphatic carbocycles. The first kappa shape index (κ1) is 39.4. The van der Waals surface area contributed by atoms with Gasteiger partial charge in [-0.2, -0.15) is 0 Å². The minimum atomic E-state index is 1.09. The average Bonchev–Trinajstić information content (AvgIpc) is 3.97. The number of fused-ring (bicyclic) bond motifs is 11. The summed E-state index contributed by atoms with van der Waals surface area (Å²) in [6.45, 7) is 0. The first-order chi connectivity index (χ1) is 34.2. The molecule has 0 atom stereocenters. The van der Waals surface area contributed by atoms with Crippen LogP contribution in [0.5, 0.6) is 0 Å². The average molecular weight is 895 g/mol. The lowest BCUT2D eigenvalue weighted by Gasteiger charge is -2.28. The predicted molar refractivity (Wildman–Crippen MR) is 297 cm³/mol. The SMILES string of the molecule is c1cc(-c2ccc(N(c3ccc(-c4ccc5c(c4)sc4c6ccccc6ccc54)cc3)c3ccccc3-c3ccc4ccc5ccccc5c4c3)cc2)cc(-n2c3ccccc3c3ccccc32)c1. The summed E-state index contributed by atoms with van der Waals surface area (Å²) in [6, 6.07) is 93.7. The van der Waals surface area contributed by atoms with Crippen LogP contribution in [0.15, 0.2) is 255 Å². The van der Waals surface area contributed by atoms with Crippen molar-refractivity contribution in [3.63, 3.8) is 0 Å². The molecule has 0 fully saturated rings. The maximum atomic E-state index is 2.42. The fourth-order valence-electron chi connectivity index (χ4n) is 10.8. The molecule has 0 N–H and O–H groups in total. The van der Waals surface area contributed by atoms with Crippen LogP contribution in [0.3, 0.4) is 0 Å². The summed E-state index contributed by atoms with van der Waals surface area (Å²) in [5.41, 5.74) is 13.9. The van der Waals surface area contributed by atoms with Gasteiger partial charge in [0.05, 0.1) is 16.7 Å². The van der Waals surface area contributed by atoms with Crippen LogP contribution in [0.4, 0.5) is 17.1 Å². The van der Waals surface area contributed by atoms with Crippen LogP contribution in [-0.4, -0.2) is 4.57 Å². The van der Waals surface area contributed by atoms with Gasteiger partial charge in [-0.05, 0) is 127 Å². The second-order valence-corrected chi connectivity index (χ2v) is 19.1. The van der Waals surface area contributed by atoms with Crippen LogP contribution < -0.4 is 4.90 Å². The molecule has 2 nitrogen and oxygen atoms in total. The van der Waals surface area contributed by atoms with E-state index >= 15 is 0 Å². The Morgan fingerprint density at radius 3 is 1.55 bits per heavy atom. The molecule has 0 unspecified atom stereocenters. The molecular weight excluding hydrogens is 853 g/mol. The molecule has 0 saturated heterocycles. The molecule has 14 rings (SSSR count). The largest absolute Gasteiger partial charge is 0.310 e. The zero-order chi connectivity index (χ0) is 45.4. The molecule has 0 bridgehead atoms. The number of hydrogen-bond acceptors (Lipinski definition) is 2. The molecule has 0 saturated carbocycles. The Kier molecular flexibility index (Phi) is 9.11. The molecule has 14 aromatic rings. The van der Waals surface area contributed by atoms with Crippen molar-refractivity contribution in [3.8, 4) is 39.1 Å². The number of rotatable bonds is 7. The summed E-state index contributed by atoms with van der Waals surface area (Å²) < 4.78 is 5.05. The van der Waals surface area contributed by atoms with E-state index in [0.717, 1.165) is 28.3 Å². The first-order valence-electron chi connectivity index (χ1n) is 23.6. The highest BCUT2D eigenvalue weighted by molar-refractivity contribution is 7.26. The van der Waals surface area contributed by atoms with Gasteiger partial charge in [-0.3, -0.25) is 0 Å². The van der Waals surface area contributed by atoms with Gasteiger partial charge in [-0.1, -0.05) is 188 Å². The van der Waals surface area contributed by atoms with Crippen LogP contribution in [0.1, 0.15) is 0 Å². The van der Waals surface area contributed by atoms with E-state index in [1.807, 2.05) is 11.3 Å². The third-order valence-electron chi connectivity index (χ3n) is 14.2. The topological polar surface area (TPSA) is 8.17 Å². The number of benzene rings is 12. The number of thiophene rings is 1. The van der Waals surface area contributed by atoms with Gasteiger partial charge in [0.2, 0.25) is 0 Å². The van der Waals surface area contributed by atoms with Gasteiger partial charge < -0.3 is 9.47 Å². The summed E-state index contributed by atoms with van der Waals surface area (Å²) in [5.74, 6) is 0. The molecule has 0 aliphatic heterocycles. The Bertz CT molecular complexity index is 4260. The van der Waals surface area contributed by atoms with E-state index in [1.165, 1.54) is 102 Å². The van der Waals surface area contributed by atoms with Gasteiger partial charge in [0, 0.05) is 53.6 Å². The fourth-order valence-corrected chi connectivity index (χ4v) is 12.1. The van der Waals surface area contributed by atoms with Gasteiger partial charge in [0.1, 0.15) is 0 Å². The fraction of sp³-hybridized carbons (Fsp3) is 0. The zero-order valence-corrected chi connectivity index (χ0v) is 38.4. The number of hydrogen-bond donors (Lipinski definition) is 0. The molecular formula is C66H42N2S. The molecule has 12 aromatic carbocycles. The monoisotopic (exact) mass is 894 g/mol. The number of para-hydroxylation sites is 3. The molecule has 0 spiro atoms. The lowest BCUT2D eigenvalue weighted by Crippen LogP contribution is -2.11. The highest BCUT2D eigenvalue weighted by Crippen LogP contribution is 2.45. The molecule has 322 valence electrons. The quantitative estimate of drug-likeness (QED) is 0.145. The first-order valence-corrected chi connectivity index (χ1v) is 24.5. The van der Waals surface area contributed by atoms with Crippen molar-refractivity contribution in [3.05, 3.63) is 255 Å². The van der Waals surface area contributed by atoms with Crippen molar-refractivity contribution in [2.75, 3.05) is 4.90 Å². The van der Waals surface area contributed by atoms with Crippen molar-refractivity contribution < 1.29 is 0 Å². The Balaban J connectivity index is 0.878. The van der Waals surface area contributed by atoms with E-state index in [1.54, 1.807) is 0 Å². The van der Waals surface area contributed by atoms with Crippen LogP contribution in [0.2, 0.25) is 0 Å². The molecule has 2 aromatic heterocycles. The molecule has 0 amide bonds. The summed E-state index contributed by atoms with van der Waals surface area (Å²) in [4.78, 5) is 2.42. The van der Waals surface area contributed by atoms with Crippen LogP contribution in [-0.2, 0) is 0 Å². The molecule has 0 aliphatic rings. The van der Waals surface area contributed by atoms with Gasteiger partial charge >= 0.3 is 0 Å². The highest BCUT2D eigenvalue weighted by atomic mass is 32.1. The Hall–Kier alpha value is -8.76. The summed E-state index contributed by atoms with van der Waals surface area (Å²) in [7, 11) is 0. The van der Waals surface area contributed by atoms with Gasteiger partial charge in [-0.25, -0.2) is 0 Å². The zero-order valence-electron chi connectivity index (χ0n) is 37.6. The van der Waals surface area contributed by atoms with Crippen molar-refractivity contribution in [2.24, 2.45) is 0 Å². The maximum Gasteiger partial charge on any atom is 0.0541 e. The molecule has 3 heteroatoms. The maximum absolute atomic E-state index is 2.42. The lowest BCUT2D eigenvalue weighted by atomic mass is 9.95. The summed E-state index contributed by atoms with van der Waals surface area (Å²) >= 11 is 1.89. The van der Waals surface area contributed by atoms with Crippen molar-refractivity contribution in [2.45, 2.75) is 0 Å². The van der Waals surface area contributed by atoms with E-state index < -0.39 is 0 Å². The second-order valence-electron chi connectivity index (χ2n) is 18.1. The van der Waals surface area contributed by atoms with Crippen molar-refractivity contribution in [1.82, 2.24) is 4.57 Å². The second kappa shape index (κ2) is 16.0. The Labute approximate surface area is 403 Å². The standard InChI is InChI=1S/C66H42N2S/c1-3-16-54-45(12-1)24-25-47-26-27-50(41-61(47)54)55-17-5-8-21-62(55)67(52-36-30-44(31-37-52)49-33-38-59-60-39-32-46-13-2-4-18-56(46)66(60)69-65(59)42-49)51-34-28-43(29-35-51)48-14-11-15-53(40-48)68-63-22-9-6-19-57(63)58-20-7-10-23-64(58)68/h1-42H. The number of anilines is 3. The van der Waals surface area contributed by atoms with Gasteiger partial charge in [-0.15, -0.1) is 11.3 Å². The minimum Gasteiger partial charge on any atom is -0.310 e. The smallest absolute Gasteiger partial charge is 0.0541 e. The van der Waals surface area contributed by atoms with E-state index in [4.69, 9.17) is 0 Å². The lowest BCUT2D eigenvalue weighted by molar-refractivity contribution is 1.18. The van der Waals surface area contributed by atoms with Gasteiger partial charge in [0.25, 0.3) is 0 Å². The van der Waals surface area contributed by atoms with Crippen LogP contribution in [0, 0.1) is 0 Å². The van der Waals surface area contributed by atoms with Crippen LogP contribution in [0.25, 0.3) is 113 Å². The predicted octanol–water partition coefficient (Wildman–Crippen LogP) is 19.1. The van der Waals surface area contributed by atoms with Crippen molar-refractivity contribution in [1.29, 1.82) is 0 Å². The minimum absolute atomic E-state index is 1.09. The van der Waals surface area contributed by atoms with E-state index in [0.29, 0.717) is 0 Å². The Morgan fingerprint density at radius 1 is 0.304 bits per heavy atom. The van der Waals surface area contributed by atoms with Crippen LogP contribution >= 0.6 is 11.3 Å². The van der Waals surface area contributed by atoms with E-state index in [2.05, 4.69) is 264 Å².